The van der Waals surface area contributed by atoms with E-state index in [0.717, 1.165) is 0 Å². The van der Waals surface area contributed by atoms with Crippen molar-refractivity contribution >= 4 is 68.6 Å². The molecule has 0 aromatic rings. The first kappa shape index (κ1) is 13.8. The number of quaternary nitrogens is 2. The first-order chi connectivity index (χ1) is 5.60. The Kier molecular flexibility index (Phi) is 9.41. The molecule has 12 heteroatoms. The fourth-order valence-corrected chi connectivity index (χ4v) is 0.990. The molecule has 0 aromatic carbocycles. The molecule has 0 bridgehead atoms. The summed E-state index contributed by atoms with van der Waals surface area (Å²) >= 11 is 5.51. The van der Waals surface area contributed by atoms with E-state index in [2.05, 4.69) is 18.3 Å². The Labute approximate surface area is 111 Å². The van der Waals surface area contributed by atoms with Crippen LogP contribution >= 0.6 is 68.6 Å². The normalized spacial score (nSPS) is 16.5. The van der Waals surface area contributed by atoms with E-state index in [-0.39, 0.29) is 10.5 Å². The van der Waals surface area contributed by atoms with Crippen LogP contribution in [0.3, 0.4) is 0 Å². The maximum atomic E-state index is 7.16. The van der Waals surface area contributed by atoms with Crippen LogP contribution in [0.2, 0.25) is 0 Å². The molecule has 0 spiro atoms. The molecule has 9 nitrogen and oxygen atoms in total. The summed E-state index contributed by atoms with van der Waals surface area (Å²) in [6.45, 7) is 0. The predicted octanol–water partition coefficient (Wildman–Crippen LogP) is -2.11. The van der Waals surface area contributed by atoms with Crippen molar-refractivity contribution in [2.45, 2.75) is 0 Å². The molecule has 0 aliphatic heterocycles. The maximum Gasteiger partial charge on any atom is 0.0804 e. The molecule has 0 amide bonds. The molecule has 0 heterocycles. The first-order valence-corrected chi connectivity index (χ1v) is 5.62. The minimum atomic E-state index is 0.124. The van der Waals surface area contributed by atoms with Gasteiger partial charge in [-0.15, -0.1) is 0 Å². The van der Waals surface area contributed by atoms with Gasteiger partial charge in [0, 0.05) is 0 Å². The quantitative estimate of drug-likeness (QED) is 0.138. The van der Waals surface area contributed by atoms with Gasteiger partial charge in [0.2, 0.25) is 0 Å². The van der Waals surface area contributed by atoms with Crippen molar-refractivity contribution in [2.75, 3.05) is 0 Å². The molecule has 0 radical (unpaired) electrons. The largest absolute Gasteiger partial charge is 0.425 e. The summed E-state index contributed by atoms with van der Waals surface area (Å²) in [5, 5.41) is 0.248. The van der Waals surface area contributed by atoms with Crippen LogP contribution in [0.25, 0.3) is 11.7 Å². The van der Waals surface area contributed by atoms with Gasteiger partial charge in [-0.1, -0.05) is 18.3 Å². The third-order valence-corrected chi connectivity index (χ3v) is 2.17. The van der Waals surface area contributed by atoms with E-state index in [9.17, 15) is 0 Å². The van der Waals surface area contributed by atoms with Gasteiger partial charge in [0.1, 0.15) is 0 Å². The van der Waals surface area contributed by atoms with Crippen LogP contribution in [0.15, 0.2) is 0 Å². The van der Waals surface area contributed by atoms with Gasteiger partial charge in [0.05, 0.1) is 68.6 Å². The molecule has 8 N–H and O–H groups in total. The summed E-state index contributed by atoms with van der Waals surface area (Å²) in [7, 11) is 0. The van der Waals surface area contributed by atoms with Crippen LogP contribution in [0.5, 0.6) is 0 Å². The Morgan fingerprint density at radius 1 is 1.00 bits per heavy atom. The van der Waals surface area contributed by atoms with Gasteiger partial charge in [-0.3, -0.25) is 0 Å². The van der Waals surface area contributed by atoms with Crippen molar-refractivity contribution in [3.8, 4) is 0 Å². The van der Waals surface area contributed by atoms with Crippen molar-refractivity contribution in [2.24, 2.45) is 0 Å². The van der Waals surface area contributed by atoms with Crippen molar-refractivity contribution in [1.29, 1.82) is 0 Å². The van der Waals surface area contributed by atoms with E-state index in [0.29, 0.717) is 0 Å². The molecule has 0 rings (SSSR count). The van der Waals surface area contributed by atoms with Gasteiger partial charge in [0.15, 0.2) is 0 Å². The molecule has 0 saturated carbocycles. The lowest BCUT2D eigenvalue weighted by Crippen LogP contribution is -3.23. The number of nitrogens with one attached hydrogen (secondary N) is 8. The van der Waals surface area contributed by atoms with Gasteiger partial charge in [-0.2, -0.15) is 0 Å². The summed E-state index contributed by atoms with van der Waals surface area (Å²) in [6.07, 6.45) is 0. The minimum Gasteiger partial charge on any atom is -0.425 e. The molecule has 0 aromatic heterocycles. The van der Waals surface area contributed by atoms with E-state index in [1.165, 1.54) is 3.33 Å². The lowest BCUT2D eigenvalue weighted by atomic mass is 12.0. The number of hydrogen-bond donors (Lipinski definition) is 6. The maximum absolute atomic E-state index is 7.16. The van der Waals surface area contributed by atoms with Crippen LogP contribution in [0.4, 0.5) is 0 Å². The van der Waals surface area contributed by atoms with Crippen LogP contribution < -0.4 is 28.8 Å². The van der Waals surface area contributed by atoms with E-state index in [1.54, 1.807) is 0 Å². The van der Waals surface area contributed by atoms with Crippen LogP contribution in [0.1, 0.15) is 0 Å². The molecule has 2 atom stereocenters. The van der Waals surface area contributed by atoms with Crippen LogP contribution in [0, 0.1) is 0 Å². The van der Waals surface area contributed by atoms with E-state index >= 15 is 0 Å². The summed E-state index contributed by atoms with van der Waals surface area (Å²) < 4.78 is 6.45. The molecular formula is H8I3N9. The molecule has 74 valence electrons. The zero-order chi connectivity index (χ0) is 9.56. The lowest BCUT2D eigenvalue weighted by molar-refractivity contribution is -0.970. The number of rotatable bonds is 6. The van der Waals surface area contributed by atoms with Crippen molar-refractivity contribution in [3.63, 3.8) is 0 Å². The molecule has 0 saturated heterocycles. The molecule has 0 fully saturated rings. The Hall–Kier alpha value is 1.83. The Morgan fingerprint density at radius 2 is 1.33 bits per heavy atom. The van der Waals surface area contributed by atoms with Gasteiger partial charge < -0.3 is 11.7 Å². The van der Waals surface area contributed by atoms with Crippen molar-refractivity contribution in [1.82, 2.24) is 21.7 Å². The number of hydrazine groups is 2. The fraction of sp³-hybridized carbons (Fsp3) is 0. The second-order valence-corrected chi connectivity index (χ2v) is 3.49. The van der Waals surface area contributed by atoms with Gasteiger partial charge in [0.25, 0.3) is 0 Å². The molecule has 0 aliphatic carbocycles. The molecule has 2 unspecified atom stereocenters. The van der Waals surface area contributed by atoms with E-state index in [1.807, 2.05) is 68.6 Å². The molecular weight excluding hydrogens is 507 g/mol. The molecule has 12 heavy (non-hydrogen) atoms. The lowest BCUT2D eigenvalue weighted by Gasteiger charge is -2.26. The second kappa shape index (κ2) is 8.16. The monoisotopic (exact) mass is 515 g/mol. The highest BCUT2D eigenvalue weighted by molar-refractivity contribution is 14.1. The predicted molar refractivity (Wildman–Crippen MR) is 67.0 cm³/mol. The number of nitrogens with zero attached hydrogens (tertiary/aromatic N) is 1. The second-order valence-electron chi connectivity index (χ2n) is 1.44. The Morgan fingerprint density at radius 3 is 1.58 bits per heavy atom. The SMILES string of the molecule is [NH-][NH+](NI)NN(I)N[NH+]([NH-])NI. The van der Waals surface area contributed by atoms with E-state index in [4.69, 9.17) is 11.7 Å². The third kappa shape index (κ3) is 7.25. The Balaban J connectivity index is 3.51. The number of hydrogen-bond acceptors (Lipinski definition) is 5. The Bertz CT molecular complexity index is 93.9. The van der Waals surface area contributed by atoms with Gasteiger partial charge in [-0.05, 0) is 3.33 Å². The smallest absolute Gasteiger partial charge is 0.0804 e. The van der Waals surface area contributed by atoms with Crippen molar-refractivity contribution < 1.29 is 10.5 Å². The highest BCUT2D eigenvalue weighted by Crippen LogP contribution is 1.78. The van der Waals surface area contributed by atoms with Crippen LogP contribution in [-0.2, 0) is 0 Å². The highest BCUT2D eigenvalue weighted by Gasteiger charge is 2.04. The standard InChI is InChI=1S/H8I3N9/c1-6-11(4)8-10(3)9-12(5)7-2/h4-9,11-12H. The molecule has 0 aliphatic rings. The zero-order valence-corrected chi connectivity index (χ0v) is 12.1. The zero-order valence-electron chi connectivity index (χ0n) is 5.58. The summed E-state index contributed by atoms with van der Waals surface area (Å²) in [5.74, 6) is 14.3. The van der Waals surface area contributed by atoms with Gasteiger partial charge >= 0.3 is 0 Å². The average molecular weight is 515 g/mol. The summed E-state index contributed by atoms with van der Waals surface area (Å²) in [4.78, 5) is 0. The number of halogens is 3. The topological polar surface area (TPSA) is 108 Å². The average Bonchev–Trinajstić information content (AvgIpc) is 2.03. The van der Waals surface area contributed by atoms with Crippen molar-refractivity contribution in [3.05, 3.63) is 11.7 Å². The van der Waals surface area contributed by atoms with Crippen LogP contribution in [-0.4, -0.2) is 3.33 Å². The summed E-state index contributed by atoms with van der Waals surface area (Å²) in [5.41, 5.74) is 5.17. The first-order valence-electron chi connectivity index (χ1n) is 2.49. The van der Waals surface area contributed by atoms with Gasteiger partial charge in [-0.25, -0.2) is 10.5 Å². The summed E-state index contributed by atoms with van der Waals surface area (Å²) in [6, 6.07) is 0. The third-order valence-electron chi connectivity index (χ3n) is 0.609. The minimum absolute atomic E-state index is 0.124. The van der Waals surface area contributed by atoms with E-state index < -0.39 is 0 Å². The fourth-order valence-electron chi connectivity index (χ4n) is 0.267. The highest BCUT2D eigenvalue weighted by atomic mass is 127.